The standard InChI is InChI=1S/C12H14F2N2OS.ClH/c13-9-3-8(4-10(14)5-9)6-16-1-2-18-7-11(15)12(16)17;/h3-5,11H,1-2,6-7,15H2;1H. The van der Waals surface area contributed by atoms with Gasteiger partial charge in [0.1, 0.15) is 11.6 Å². The molecule has 0 radical (unpaired) electrons. The Labute approximate surface area is 120 Å². The number of nitrogens with two attached hydrogens (primary N) is 1. The number of halogens is 3. The van der Waals surface area contributed by atoms with Crippen molar-refractivity contribution in [3.63, 3.8) is 0 Å². The van der Waals surface area contributed by atoms with Crippen LogP contribution in [0.4, 0.5) is 8.78 Å². The molecular formula is C12H15ClF2N2OS. The van der Waals surface area contributed by atoms with Gasteiger partial charge in [-0.3, -0.25) is 4.79 Å². The summed E-state index contributed by atoms with van der Waals surface area (Å²) in [6, 6.07) is 2.76. The lowest BCUT2D eigenvalue weighted by Gasteiger charge is -2.22. The van der Waals surface area contributed by atoms with E-state index in [1.165, 1.54) is 12.1 Å². The Kier molecular flexibility index (Phi) is 6.03. The number of carbonyl (C=O) groups excluding carboxylic acids is 1. The summed E-state index contributed by atoms with van der Waals surface area (Å²) in [7, 11) is 0. The molecular weight excluding hydrogens is 294 g/mol. The van der Waals surface area contributed by atoms with Gasteiger partial charge in [-0.25, -0.2) is 8.78 Å². The molecule has 0 aliphatic carbocycles. The lowest BCUT2D eigenvalue weighted by Crippen LogP contribution is -2.43. The fourth-order valence-electron chi connectivity index (χ4n) is 1.88. The van der Waals surface area contributed by atoms with E-state index < -0.39 is 17.7 Å². The van der Waals surface area contributed by atoms with Crippen LogP contribution in [0.25, 0.3) is 0 Å². The number of benzene rings is 1. The van der Waals surface area contributed by atoms with Crippen LogP contribution in [-0.2, 0) is 11.3 Å². The molecule has 1 fully saturated rings. The second-order valence-electron chi connectivity index (χ2n) is 4.22. The van der Waals surface area contributed by atoms with Crippen LogP contribution in [0.15, 0.2) is 18.2 Å². The predicted molar refractivity (Wildman–Crippen MR) is 74.3 cm³/mol. The molecule has 1 heterocycles. The van der Waals surface area contributed by atoms with Crippen LogP contribution in [-0.4, -0.2) is 34.9 Å². The maximum Gasteiger partial charge on any atom is 0.240 e. The lowest BCUT2D eigenvalue weighted by atomic mass is 10.2. The van der Waals surface area contributed by atoms with Gasteiger partial charge < -0.3 is 10.6 Å². The number of rotatable bonds is 2. The Balaban J connectivity index is 0.00000180. The molecule has 0 saturated carbocycles. The smallest absolute Gasteiger partial charge is 0.240 e. The Morgan fingerprint density at radius 3 is 2.58 bits per heavy atom. The molecule has 1 aliphatic heterocycles. The zero-order chi connectivity index (χ0) is 13.1. The molecule has 3 nitrogen and oxygen atoms in total. The largest absolute Gasteiger partial charge is 0.336 e. The maximum absolute atomic E-state index is 13.1. The molecule has 1 atom stereocenters. The monoisotopic (exact) mass is 308 g/mol. The van der Waals surface area contributed by atoms with Gasteiger partial charge in [-0.2, -0.15) is 11.8 Å². The number of carbonyl (C=O) groups is 1. The molecule has 1 unspecified atom stereocenters. The molecule has 0 spiro atoms. The van der Waals surface area contributed by atoms with Gasteiger partial charge in [0.2, 0.25) is 5.91 Å². The SMILES string of the molecule is Cl.NC1CSCCN(Cc2cc(F)cc(F)c2)C1=O. The number of amides is 1. The third-order valence-corrected chi connectivity index (χ3v) is 3.79. The summed E-state index contributed by atoms with van der Waals surface area (Å²) in [5.74, 6) is -0.0501. The number of nitrogens with zero attached hydrogens (tertiary/aromatic N) is 1. The number of hydrogen-bond donors (Lipinski definition) is 1. The van der Waals surface area contributed by atoms with Crippen molar-refractivity contribution in [2.75, 3.05) is 18.1 Å². The maximum atomic E-state index is 13.1. The van der Waals surface area contributed by atoms with Gasteiger partial charge in [0.15, 0.2) is 0 Å². The first-order valence-electron chi connectivity index (χ1n) is 5.63. The van der Waals surface area contributed by atoms with Crippen molar-refractivity contribution in [1.29, 1.82) is 0 Å². The lowest BCUT2D eigenvalue weighted by molar-refractivity contribution is -0.132. The quantitative estimate of drug-likeness (QED) is 0.906. The summed E-state index contributed by atoms with van der Waals surface area (Å²) in [5, 5.41) is 0. The highest BCUT2D eigenvalue weighted by Crippen LogP contribution is 2.15. The Morgan fingerprint density at radius 2 is 1.95 bits per heavy atom. The number of hydrogen-bond acceptors (Lipinski definition) is 3. The van der Waals surface area contributed by atoms with Crippen molar-refractivity contribution >= 4 is 30.1 Å². The fourth-order valence-corrected chi connectivity index (χ4v) is 2.79. The molecule has 0 aromatic heterocycles. The molecule has 106 valence electrons. The van der Waals surface area contributed by atoms with E-state index in [0.717, 1.165) is 11.8 Å². The van der Waals surface area contributed by atoms with Crippen LogP contribution in [0.2, 0.25) is 0 Å². The van der Waals surface area contributed by atoms with Crippen molar-refractivity contribution in [2.45, 2.75) is 12.6 Å². The first-order chi connectivity index (χ1) is 8.56. The van der Waals surface area contributed by atoms with Crippen molar-refractivity contribution in [2.24, 2.45) is 5.73 Å². The average molecular weight is 309 g/mol. The molecule has 2 rings (SSSR count). The minimum absolute atomic E-state index is 0. The Hall–Kier alpha value is -0.850. The summed E-state index contributed by atoms with van der Waals surface area (Å²) in [4.78, 5) is 13.5. The Bertz CT molecular complexity index is 441. The van der Waals surface area contributed by atoms with Gasteiger partial charge in [0, 0.05) is 30.7 Å². The van der Waals surface area contributed by atoms with Gasteiger partial charge in [0.05, 0.1) is 6.04 Å². The van der Waals surface area contributed by atoms with Gasteiger partial charge in [-0.05, 0) is 17.7 Å². The first-order valence-corrected chi connectivity index (χ1v) is 6.79. The molecule has 7 heteroatoms. The van der Waals surface area contributed by atoms with E-state index in [1.54, 1.807) is 16.7 Å². The van der Waals surface area contributed by atoms with Crippen LogP contribution >= 0.6 is 24.2 Å². The molecule has 1 amide bonds. The minimum Gasteiger partial charge on any atom is -0.336 e. The van der Waals surface area contributed by atoms with E-state index in [1.807, 2.05) is 0 Å². The van der Waals surface area contributed by atoms with E-state index in [9.17, 15) is 13.6 Å². The van der Waals surface area contributed by atoms with Gasteiger partial charge in [0.25, 0.3) is 0 Å². The predicted octanol–water partition coefficient (Wildman–Crippen LogP) is 1.79. The highest BCUT2D eigenvalue weighted by Gasteiger charge is 2.24. The highest BCUT2D eigenvalue weighted by molar-refractivity contribution is 7.99. The molecule has 1 aromatic carbocycles. The summed E-state index contributed by atoms with van der Waals surface area (Å²) in [6.45, 7) is 0.747. The van der Waals surface area contributed by atoms with Crippen LogP contribution in [0.3, 0.4) is 0 Å². The molecule has 1 aliphatic rings. The minimum atomic E-state index is -0.633. The van der Waals surface area contributed by atoms with Crippen LogP contribution < -0.4 is 5.73 Å². The van der Waals surface area contributed by atoms with Crippen molar-refractivity contribution in [3.05, 3.63) is 35.4 Å². The molecule has 1 aromatic rings. The van der Waals surface area contributed by atoms with Gasteiger partial charge in [-0.15, -0.1) is 12.4 Å². The molecule has 1 saturated heterocycles. The number of thioether (sulfide) groups is 1. The van der Waals surface area contributed by atoms with Crippen LogP contribution in [0.5, 0.6) is 0 Å². The van der Waals surface area contributed by atoms with Crippen LogP contribution in [0.1, 0.15) is 5.56 Å². The van der Waals surface area contributed by atoms with E-state index in [-0.39, 0.29) is 24.9 Å². The van der Waals surface area contributed by atoms with Gasteiger partial charge in [-0.1, -0.05) is 0 Å². The van der Waals surface area contributed by atoms with Gasteiger partial charge >= 0.3 is 0 Å². The summed E-state index contributed by atoms with van der Waals surface area (Å²) in [5.41, 5.74) is 6.17. The molecule has 0 bridgehead atoms. The summed E-state index contributed by atoms with van der Waals surface area (Å²) >= 11 is 1.61. The highest BCUT2D eigenvalue weighted by atomic mass is 35.5. The topological polar surface area (TPSA) is 46.3 Å². The Morgan fingerprint density at radius 1 is 1.32 bits per heavy atom. The van der Waals surface area contributed by atoms with E-state index >= 15 is 0 Å². The average Bonchev–Trinajstić information content (AvgIpc) is 2.43. The normalized spacial score (nSPS) is 19.8. The zero-order valence-electron chi connectivity index (χ0n) is 10.1. The zero-order valence-corrected chi connectivity index (χ0v) is 11.8. The third kappa shape index (κ3) is 4.33. The fraction of sp³-hybridized carbons (Fsp3) is 0.417. The van der Waals surface area contributed by atoms with E-state index in [2.05, 4.69) is 0 Å². The summed E-state index contributed by atoms with van der Waals surface area (Å²) in [6.07, 6.45) is 0. The van der Waals surface area contributed by atoms with Crippen molar-refractivity contribution in [3.8, 4) is 0 Å². The third-order valence-electron chi connectivity index (χ3n) is 2.73. The van der Waals surface area contributed by atoms with Crippen molar-refractivity contribution in [1.82, 2.24) is 4.90 Å². The van der Waals surface area contributed by atoms with E-state index in [0.29, 0.717) is 17.9 Å². The van der Waals surface area contributed by atoms with Crippen LogP contribution in [0, 0.1) is 11.6 Å². The second kappa shape index (κ2) is 7.07. The molecule has 2 N–H and O–H groups in total. The summed E-state index contributed by atoms with van der Waals surface area (Å²) < 4.78 is 26.1. The molecule has 19 heavy (non-hydrogen) atoms. The van der Waals surface area contributed by atoms with E-state index in [4.69, 9.17) is 5.73 Å². The van der Waals surface area contributed by atoms with Crippen molar-refractivity contribution < 1.29 is 13.6 Å². The second-order valence-corrected chi connectivity index (χ2v) is 5.37. The first kappa shape index (κ1) is 16.2.